The number of carbonyl (C=O) groups excluding carboxylic acids is 1. The Balaban J connectivity index is 2.96. The van der Waals surface area contributed by atoms with Gasteiger partial charge in [0.25, 0.3) is 0 Å². The molecule has 0 N–H and O–H groups in total. The first kappa shape index (κ1) is 11.8. The summed E-state index contributed by atoms with van der Waals surface area (Å²) < 4.78 is 4.85. The molecule has 1 aromatic carbocycles. The van der Waals surface area contributed by atoms with E-state index in [0.717, 1.165) is 12.0 Å². The first-order chi connectivity index (χ1) is 7.20. The molecule has 2 heteroatoms. The number of methoxy groups -OCH3 is 1. The highest BCUT2D eigenvalue weighted by Gasteiger charge is 2.26. The maximum Gasteiger partial charge on any atom is 0.313 e. The molecule has 0 spiro atoms. The third kappa shape index (κ3) is 2.82. The number of esters is 1. The first-order valence-corrected chi connectivity index (χ1v) is 5.33. The monoisotopic (exact) mass is 206 g/mol. The molecule has 2 unspecified atom stereocenters. The number of carbonyl (C=O) groups is 1. The van der Waals surface area contributed by atoms with E-state index in [-0.39, 0.29) is 11.9 Å². The molecule has 0 aromatic heterocycles. The normalized spacial score (nSPS) is 14.3. The second-order valence-electron chi connectivity index (χ2n) is 3.80. The number of hydrogen-bond acceptors (Lipinski definition) is 2. The van der Waals surface area contributed by atoms with Crippen molar-refractivity contribution in [2.24, 2.45) is 5.92 Å². The van der Waals surface area contributed by atoms with Crippen LogP contribution in [-0.2, 0) is 9.53 Å². The smallest absolute Gasteiger partial charge is 0.313 e. The van der Waals surface area contributed by atoms with Crippen LogP contribution in [0.15, 0.2) is 30.3 Å². The van der Waals surface area contributed by atoms with Crippen molar-refractivity contribution in [1.82, 2.24) is 0 Å². The van der Waals surface area contributed by atoms with E-state index in [2.05, 4.69) is 13.8 Å². The van der Waals surface area contributed by atoms with E-state index in [1.807, 2.05) is 30.3 Å². The van der Waals surface area contributed by atoms with Crippen LogP contribution in [0.4, 0.5) is 0 Å². The molecule has 15 heavy (non-hydrogen) atoms. The van der Waals surface area contributed by atoms with Crippen LogP contribution in [-0.4, -0.2) is 13.1 Å². The highest BCUT2D eigenvalue weighted by atomic mass is 16.5. The Kier molecular flexibility index (Phi) is 4.35. The van der Waals surface area contributed by atoms with Gasteiger partial charge in [-0.1, -0.05) is 50.6 Å². The molecule has 0 aliphatic carbocycles. The average Bonchev–Trinajstić information content (AvgIpc) is 2.30. The number of ether oxygens (including phenoxy) is 1. The topological polar surface area (TPSA) is 26.3 Å². The van der Waals surface area contributed by atoms with Gasteiger partial charge in [-0.25, -0.2) is 0 Å². The maximum atomic E-state index is 11.7. The molecule has 0 saturated heterocycles. The molecule has 2 nitrogen and oxygen atoms in total. The highest BCUT2D eigenvalue weighted by Crippen LogP contribution is 2.27. The van der Waals surface area contributed by atoms with Gasteiger partial charge in [0.1, 0.15) is 0 Å². The second-order valence-corrected chi connectivity index (χ2v) is 3.80. The highest BCUT2D eigenvalue weighted by molar-refractivity contribution is 5.78. The lowest BCUT2D eigenvalue weighted by atomic mass is 9.86. The lowest BCUT2D eigenvalue weighted by molar-refractivity contribution is -0.143. The fourth-order valence-corrected chi connectivity index (χ4v) is 1.72. The standard InChI is InChI=1S/C13H18O2/c1-4-10(2)12(13(14)15-3)11-8-6-5-7-9-11/h5-10,12H,4H2,1-3H3. The van der Waals surface area contributed by atoms with Crippen LogP contribution in [0.25, 0.3) is 0 Å². The Labute approximate surface area is 91.3 Å². The Bertz CT molecular complexity index is 306. The SMILES string of the molecule is CCC(C)C(C(=O)OC)c1ccccc1. The maximum absolute atomic E-state index is 11.7. The zero-order valence-electron chi connectivity index (χ0n) is 9.57. The molecule has 0 aliphatic heterocycles. The van der Waals surface area contributed by atoms with Gasteiger partial charge in [0.05, 0.1) is 13.0 Å². The predicted molar refractivity (Wildman–Crippen MR) is 60.7 cm³/mol. The molecule has 0 saturated carbocycles. The summed E-state index contributed by atoms with van der Waals surface area (Å²) in [6, 6.07) is 9.82. The minimum Gasteiger partial charge on any atom is -0.469 e. The van der Waals surface area contributed by atoms with Gasteiger partial charge in [-0.3, -0.25) is 4.79 Å². The summed E-state index contributed by atoms with van der Waals surface area (Å²) in [5, 5.41) is 0. The van der Waals surface area contributed by atoms with E-state index in [1.54, 1.807) is 0 Å². The molecule has 0 aliphatic rings. The van der Waals surface area contributed by atoms with E-state index in [9.17, 15) is 4.79 Å². The van der Waals surface area contributed by atoms with Crippen LogP contribution in [0, 0.1) is 5.92 Å². The van der Waals surface area contributed by atoms with Crippen molar-refractivity contribution in [2.75, 3.05) is 7.11 Å². The van der Waals surface area contributed by atoms with Gasteiger partial charge in [-0.15, -0.1) is 0 Å². The van der Waals surface area contributed by atoms with Gasteiger partial charge in [0.15, 0.2) is 0 Å². The molecule has 0 amide bonds. The van der Waals surface area contributed by atoms with Crippen molar-refractivity contribution in [3.8, 4) is 0 Å². The van der Waals surface area contributed by atoms with Crippen molar-refractivity contribution in [2.45, 2.75) is 26.2 Å². The van der Waals surface area contributed by atoms with E-state index >= 15 is 0 Å². The summed E-state index contributed by atoms with van der Waals surface area (Å²) in [5.74, 6) is 0.0246. The molecular formula is C13H18O2. The molecule has 1 rings (SSSR count). The molecule has 0 radical (unpaired) electrons. The van der Waals surface area contributed by atoms with E-state index in [4.69, 9.17) is 4.74 Å². The fraction of sp³-hybridized carbons (Fsp3) is 0.462. The van der Waals surface area contributed by atoms with Crippen LogP contribution in [0.5, 0.6) is 0 Å². The lowest BCUT2D eigenvalue weighted by Crippen LogP contribution is -2.20. The van der Waals surface area contributed by atoms with E-state index in [0.29, 0.717) is 5.92 Å². The van der Waals surface area contributed by atoms with Crippen LogP contribution in [0.2, 0.25) is 0 Å². The Hall–Kier alpha value is -1.31. The van der Waals surface area contributed by atoms with E-state index in [1.165, 1.54) is 7.11 Å². The molecule has 0 heterocycles. The number of hydrogen-bond donors (Lipinski definition) is 0. The molecule has 2 atom stereocenters. The van der Waals surface area contributed by atoms with Crippen LogP contribution in [0.3, 0.4) is 0 Å². The van der Waals surface area contributed by atoms with Crippen LogP contribution in [0.1, 0.15) is 31.7 Å². The van der Waals surface area contributed by atoms with E-state index < -0.39 is 0 Å². The van der Waals surface area contributed by atoms with Crippen LogP contribution >= 0.6 is 0 Å². The quantitative estimate of drug-likeness (QED) is 0.708. The zero-order chi connectivity index (χ0) is 11.3. The van der Waals surface area contributed by atoms with Crippen molar-refractivity contribution in [1.29, 1.82) is 0 Å². The molecule has 82 valence electrons. The van der Waals surface area contributed by atoms with Gasteiger partial charge in [-0.05, 0) is 11.5 Å². The summed E-state index contributed by atoms with van der Waals surface area (Å²) in [5.41, 5.74) is 1.04. The van der Waals surface area contributed by atoms with Gasteiger partial charge in [0, 0.05) is 0 Å². The third-order valence-electron chi connectivity index (χ3n) is 2.83. The van der Waals surface area contributed by atoms with Crippen molar-refractivity contribution < 1.29 is 9.53 Å². The Morgan fingerprint density at radius 2 is 1.93 bits per heavy atom. The molecule has 1 aromatic rings. The van der Waals surface area contributed by atoms with Gasteiger partial charge in [-0.2, -0.15) is 0 Å². The minimum atomic E-state index is -0.143. The third-order valence-corrected chi connectivity index (χ3v) is 2.83. The number of benzene rings is 1. The van der Waals surface area contributed by atoms with Crippen LogP contribution < -0.4 is 0 Å². The fourth-order valence-electron chi connectivity index (χ4n) is 1.72. The van der Waals surface area contributed by atoms with Gasteiger partial charge in [0.2, 0.25) is 0 Å². The first-order valence-electron chi connectivity index (χ1n) is 5.33. The predicted octanol–water partition coefficient (Wildman–Crippen LogP) is 2.99. The zero-order valence-corrected chi connectivity index (χ0v) is 9.57. The van der Waals surface area contributed by atoms with Gasteiger partial charge >= 0.3 is 5.97 Å². The summed E-state index contributed by atoms with van der Waals surface area (Å²) in [6.07, 6.45) is 0.967. The number of rotatable bonds is 4. The largest absolute Gasteiger partial charge is 0.469 e. The molecule has 0 fully saturated rings. The van der Waals surface area contributed by atoms with Crippen molar-refractivity contribution in [3.05, 3.63) is 35.9 Å². The summed E-state index contributed by atoms with van der Waals surface area (Å²) in [7, 11) is 1.45. The second kappa shape index (κ2) is 5.54. The summed E-state index contributed by atoms with van der Waals surface area (Å²) >= 11 is 0. The van der Waals surface area contributed by atoms with Crippen molar-refractivity contribution in [3.63, 3.8) is 0 Å². The Morgan fingerprint density at radius 3 is 2.40 bits per heavy atom. The lowest BCUT2D eigenvalue weighted by Gasteiger charge is -2.20. The summed E-state index contributed by atoms with van der Waals surface area (Å²) in [6.45, 7) is 4.16. The minimum absolute atomic E-state index is 0.138. The summed E-state index contributed by atoms with van der Waals surface area (Å²) in [4.78, 5) is 11.7. The Morgan fingerprint density at radius 1 is 1.33 bits per heavy atom. The average molecular weight is 206 g/mol. The molecular weight excluding hydrogens is 188 g/mol. The van der Waals surface area contributed by atoms with Gasteiger partial charge < -0.3 is 4.74 Å². The molecule has 0 bridgehead atoms. The van der Waals surface area contributed by atoms with Crippen molar-refractivity contribution >= 4 is 5.97 Å².